The number of nitrogens with one attached hydrogen (secondary N) is 1. The first kappa shape index (κ1) is 12.6. The van der Waals surface area contributed by atoms with Gasteiger partial charge in [0.1, 0.15) is 0 Å². The average molecular weight is 266 g/mol. The van der Waals surface area contributed by atoms with Crippen LogP contribution in [0.3, 0.4) is 0 Å². The van der Waals surface area contributed by atoms with Crippen molar-refractivity contribution in [2.24, 2.45) is 0 Å². The van der Waals surface area contributed by atoms with Crippen molar-refractivity contribution in [2.75, 3.05) is 11.5 Å². The van der Waals surface area contributed by atoms with Crippen LogP contribution in [0, 0.1) is 0 Å². The van der Waals surface area contributed by atoms with E-state index in [1.807, 2.05) is 0 Å². The Morgan fingerprint density at radius 3 is 2.56 bits per heavy atom. The molecule has 0 saturated carbocycles. The van der Waals surface area contributed by atoms with E-state index < -0.39 is 15.9 Å². The van der Waals surface area contributed by atoms with Crippen molar-refractivity contribution >= 4 is 21.4 Å². The number of hydrogen-bond donors (Lipinski definition) is 2. The van der Waals surface area contributed by atoms with E-state index in [2.05, 4.69) is 5.32 Å². The second kappa shape index (κ2) is 4.81. The van der Waals surface area contributed by atoms with Gasteiger partial charge in [0.05, 0.1) is 18.2 Å². The molecular formula is C12H14N2O3S. The fourth-order valence-electron chi connectivity index (χ4n) is 1.74. The summed E-state index contributed by atoms with van der Waals surface area (Å²) in [5.74, 6) is -0.257. The van der Waals surface area contributed by atoms with Gasteiger partial charge in [-0.1, -0.05) is 12.1 Å². The Hall–Kier alpha value is -1.82. The molecule has 96 valence electrons. The van der Waals surface area contributed by atoms with Gasteiger partial charge in [0, 0.05) is 11.1 Å². The molecule has 1 unspecified atom stereocenters. The van der Waals surface area contributed by atoms with Crippen LogP contribution in [0.5, 0.6) is 0 Å². The van der Waals surface area contributed by atoms with Crippen LogP contribution in [0.25, 0.3) is 0 Å². The van der Waals surface area contributed by atoms with Crippen LogP contribution in [-0.2, 0) is 21.1 Å². The number of carbonyl (C=O) groups is 1. The summed E-state index contributed by atoms with van der Waals surface area (Å²) in [5, 5.41) is 3.80. The van der Waals surface area contributed by atoms with E-state index >= 15 is 0 Å². The zero-order valence-corrected chi connectivity index (χ0v) is 10.5. The number of nitrogens with two attached hydrogens (primary N) is 1. The molecule has 1 amide bonds. The smallest absolute Gasteiger partial charge is 0.224 e. The molecule has 1 aliphatic rings. The minimum atomic E-state index is -3.13. The molecule has 1 aromatic carbocycles. The van der Waals surface area contributed by atoms with Crippen molar-refractivity contribution in [1.29, 1.82) is 0 Å². The molecule has 0 radical (unpaired) electrons. The number of rotatable bonds is 3. The van der Waals surface area contributed by atoms with Gasteiger partial charge in [0.2, 0.25) is 5.91 Å². The van der Waals surface area contributed by atoms with Crippen LogP contribution in [-0.4, -0.2) is 26.1 Å². The van der Waals surface area contributed by atoms with Crippen molar-refractivity contribution in [3.63, 3.8) is 0 Å². The van der Waals surface area contributed by atoms with Gasteiger partial charge in [-0.25, -0.2) is 8.42 Å². The van der Waals surface area contributed by atoms with Gasteiger partial charge in [-0.2, -0.15) is 0 Å². The summed E-state index contributed by atoms with van der Waals surface area (Å²) >= 11 is 0. The van der Waals surface area contributed by atoms with Gasteiger partial charge in [-0.3, -0.25) is 4.79 Å². The van der Waals surface area contributed by atoms with E-state index in [9.17, 15) is 13.2 Å². The number of amides is 1. The molecule has 5 nitrogen and oxygen atoms in total. The van der Waals surface area contributed by atoms with Crippen LogP contribution >= 0.6 is 0 Å². The SMILES string of the molecule is Nc1ccc(CC(=O)NC2C=CS(=O)(=O)C2)cc1. The minimum absolute atomic E-state index is 0.0551. The largest absolute Gasteiger partial charge is 0.399 e. The van der Waals surface area contributed by atoms with Crippen molar-refractivity contribution in [3.8, 4) is 0 Å². The molecule has 0 saturated heterocycles. The maximum Gasteiger partial charge on any atom is 0.224 e. The first-order chi connectivity index (χ1) is 8.44. The normalized spacial score (nSPS) is 20.8. The highest BCUT2D eigenvalue weighted by molar-refractivity contribution is 7.94. The molecule has 0 bridgehead atoms. The maximum absolute atomic E-state index is 11.7. The summed E-state index contributed by atoms with van der Waals surface area (Å²) in [5.41, 5.74) is 7.02. The van der Waals surface area contributed by atoms with Gasteiger partial charge in [0.25, 0.3) is 0 Å². The highest BCUT2D eigenvalue weighted by Crippen LogP contribution is 2.09. The third-order valence-corrected chi connectivity index (χ3v) is 4.02. The Bertz CT molecular complexity index is 576. The van der Waals surface area contributed by atoms with E-state index in [1.165, 1.54) is 6.08 Å². The van der Waals surface area contributed by atoms with Crippen molar-refractivity contribution in [2.45, 2.75) is 12.5 Å². The van der Waals surface area contributed by atoms with Crippen LogP contribution in [0.2, 0.25) is 0 Å². The lowest BCUT2D eigenvalue weighted by atomic mass is 10.1. The highest BCUT2D eigenvalue weighted by atomic mass is 32.2. The molecule has 3 N–H and O–H groups in total. The predicted octanol–water partition coefficient (Wildman–Crippen LogP) is 0.238. The number of hydrogen-bond acceptors (Lipinski definition) is 4. The van der Waals surface area contributed by atoms with E-state index in [-0.39, 0.29) is 18.1 Å². The van der Waals surface area contributed by atoms with Crippen LogP contribution < -0.4 is 11.1 Å². The first-order valence-electron chi connectivity index (χ1n) is 5.49. The van der Waals surface area contributed by atoms with E-state index in [1.54, 1.807) is 24.3 Å². The van der Waals surface area contributed by atoms with Gasteiger partial charge in [0.15, 0.2) is 9.84 Å². The summed E-state index contributed by atoms with van der Waals surface area (Å²) in [6, 6.07) is 6.58. The fourth-order valence-corrected chi connectivity index (χ4v) is 2.98. The summed E-state index contributed by atoms with van der Waals surface area (Å²) in [6.45, 7) is 0. The summed E-state index contributed by atoms with van der Waals surface area (Å²) in [7, 11) is -3.13. The van der Waals surface area contributed by atoms with Crippen molar-refractivity contribution < 1.29 is 13.2 Å². The van der Waals surface area contributed by atoms with Crippen molar-refractivity contribution in [1.82, 2.24) is 5.32 Å². The second-order valence-corrected chi connectivity index (χ2v) is 6.18. The Labute approximate surface area is 106 Å². The van der Waals surface area contributed by atoms with Crippen LogP contribution in [0.4, 0.5) is 5.69 Å². The summed E-state index contributed by atoms with van der Waals surface area (Å²) < 4.78 is 22.3. The van der Waals surface area contributed by atoms with Crippen LogP contribution in [0.15, 0.2) is 35.7 Å². The van der Waals surface area contributed by atoms with Gasteiger partial charge in [-0.05, 0) is 23.8 Å². The summed E-state index contributed by atoms with van der Waals surface area (Å²) in [4.78, 5) is 11.7. The maximum atomic E-state index is 11.7. The quantitative estimate of drug-likeness (QED) is 0.767. The topological polar surface area (TPSA) is 89.3 Å². The molecule has 1 atom stereocenters. The molecule has 0 aromatic heterocycles. The Kier molecular flexibility index (Phi) is 3.38. The van der Waals surface area contributed by atoms with E-state index in [0.29, 0.717) is 5.69 Å². The molecule has 1 aromatic rings. The Morgan fingerprint density at radius 1 is 1.33 bits per heavy atom. The number of carbonyl (C=O) groups excluding carboxylic acids is 1. The van der Waals surface area contributed by atoms with Crippen molar-refractivity contribution in [3.05, 3.63) is 41.3 Å². The lowest BCUT2D eigenvalue weighted by Gasteiger charge is -2.09. The zero-order chi connectivity index (χ0) is 13.2. The molecule has 1 heterocycles. The zero-order valence-electron chi connectivity index (χ0n) is 9.67. The second-order valence-electron chi connectivity index (χ2n) is 4.25. The predicted molar refractivity (Wildman–Crippen MR) is 69.4 cm³/mol. The highest BCUT2D eigenvalue weighted by Gasteiger charge is 2.22. The lowest BCUT2D eigenvalue weighted by molar-refractivity contribution is -0.120. The standard InChI is InChI=1S/C12H14N2O3S/c13-10-3-1-9(2-4-10)7-12(15)14-11-5-6-18(16,17)8-11/h1-6,11H,7-8,13H2,(H,14,15). The fraction of sp³-hybridized carbons (Fsp3) is 0.250. The lowest BCUT2D eigenvalue weighted by Crippen LogP contribution is -2.36. The summed E-state index contributed by atoms with van der Waals surface area (Å²) in [6.07, 6.45) is 1.71. The third-order valence-electron chi connectivity index (χ3n) is 2.62. The third kappa shape index (κ3) is 3.33. The van der Waals surface area contributed by atoms with Gasteiger partial charge < -0.3 is 11.1 Å². The molecule has 2 rings (SSSR count). The van der Waals surface area contributed by atoms with Gasteiger partial charge in [-0.15, -0.1) is 0 Å². The first-order valence-corrected chi connectivity index (χ1v) is 7.21. The molecule has 0 aliphatic carbocycles. The van der Waals surface area contributed by atoms with E-state index in [4.69, 9.17) is 5.73 Å². The van der Waals surface area contributed by atoms with E-state index in [0.717, 1.165) is 11.0 Å². The molecular weight excluding hydrogens is 252 g/mol. The number of sulfone groups is 1. The Morgan fingerprint density at radius 2 is 2.00 bits per heavy atom. The van der Waals surface area contributed by atoms with Crippen LogP contribution in [0.1, 0.15) is 5.56 Å². The Balaban J connectivity index is 1.90. The molecule has 0 spiro atoms. The monoisotopic (exact) mass is 266 g/mol. The number of nitrogen functional groups attached to an aromatic ring is 1. The average Bonchev–Trinajstić information content (AvgIpc) is 2.61. The molecule has 1 aliphatic heterocycles. The molecule has 0 fully saturated rings. The number of benzene rings is 1. The number of anilines is 1. The minimum Gasteiger partial charge on any atom is -0.399 e. The molecule has 18 heavy (non-hydrogen) atoms. The van der Waals surface area contributed by atoms with Gasteiger partial charge >= 0.3 is 0 Å². The molecule has 6 heteroatoms.